The Kier molecular flexibility index (Phi) is 5.82. The SMILES string of the molecule is CN(CCC(F)(F)F)C(=O)c1cc(S(=O)(=O)N2CCCCC2)cn1C. The zero-order valence-electron chi connectivity index (χ0n) is 14.2. The number of aryl methyl sites for hydroxylation is 1. The van der Waals surface area contributed by atoms with Gasteiger partial charge in [0.05, 0.1) is 6.42 Å². The Morgan fingerprint density at radius 1 is 1.24 bits per heavy atom. The van der Waals surface area contributed by atoms with E-state index in [1.54, 1.807) is 0 Å². The third-order valence-electron chi connectivity index (χ3n) is 4.23. The molecule has 1 saturated heterocycles. The summed E-state index contributed by atoms with van der Waals surface area (Å²) in [6, 6.07) is 1.23. The molecular formula is C15H22F3N3O3S. The molecule has 0 unspecified atom stereocenters. The quantitative estimate of drug-likeness (QED) is 0.786. The molecule has 1 aromatic rings. The van der Waals surface area contributed by atoms with Gasteiger partial charge in [-0.25, -0.2) is 8.42 Å². The number of alkyl halides is 3. The van der Waals surface area contributed by atoms with Gasteiger partial charge in [-0.2, -0.15) is 17.5 Å². The average molecular weight is 381 g/mol. The number of halogens is 3. The molecule has 1 aliphatic heterocycles. The molecule has 10 heteroatoms. The van der Waals surface area contributed by atoms with Crippen LogP contribution in [0.25, 0.3) is 0 Å². The van der Waals surface area contributed by atoms with E-state index in [9.17, 15) is 26.4 Å². The van der Waals surface area contributed by atoms with Crippen LogP contribution in [-0.2, 0) is 17.1 Å². The fourth-order valence-electron chi connectivity index (χ4n) is 2.73. The Bertz CT molecular complexity index is 722. The number of aromatic nitrogens is 1. The standard InChI is InChI=1S/C15H22F3N3O3S/c1-19(9-6-15(16,17)18)14(22)13-10-12(11-20(13)2)25(23,24)21-7-4-3-5-8-21/h10-11H,3-9H2,1-2H3. The second kappa shape index (κ2) is 7.36. The van der Waals surface area contributed by atoms with Crippen molar-refractivity contribution >= 4 is 15.9 Å². The van der Waals surface area contributed by atoms with E-state index in [-0.39, 0.29) is 10.6 Å². The number of hydrogen-bond acceptors (Lipinski definition) is 3. The van der Waals surface area contributed by atoms with E-state index in [0.29, 0.717) is 13.1 Å². The molecule has 0 atom stereocenters. The highest BCUT2D eigenvalue weighted by Crippen LogP contribution is 2.23. The lowest BCUT2D eigenvalue weighted by Crippen LogP contribution is -2.35. The van der Waals surface area contributed by atoms with Crippen molar-refractivity contribution in [1.29, 1.82) is 0 Å². The van der Waals surface area contributed by atoms with E-state index in [2.05, 4.69) is 0 Å². The number of nitrogens with zero attached hydrogens (tertiary/aromatic N) is 3. The molecular weight excluding hydrogens is 359 g/mol. The molecule has 2 heterocycles. The van der Waals surface area contributed by atoms with Gasteiger partial charge < -0.3 is 9.47 Å². The van der Waals surface area contributed by atoms with Gasteiger partial charge in [-0.05, 0) is 18.9 Å². The topological polar surface area (TPSA) is 62.6 Å². The van der Waals surface area contributed by atoms with Crippen LogP contribution in [0.3, 0.4) is 0 Å². The first-order valence-electron chi connectivity index (χ1n) is 8.01. The van der Waals surface area contributed by atoms with E-state index < -0.39 is 35.1 Å². The van der Waals surface area contributed by atoms with E-state index in [1.807, 2.05) is 0 Å². The molecule has 6 nitrogen and oxygen atoms in total. The van der Waals surface area contributed by atoms with Crippen LogP contribution in [-0.4, -0.2) is 61.0 Å². The highest BCUT2D eigenvalue weighted by molar-refractivity contribution is 7.89. The Hall–Kier alpha value is -1.55. The number of amides is 1. The lowest BCUT2D eigenvalue weighted by molar-refractivity contribution is -0.136. The normalized spacial score (nSPS) is 16.8. The van der Waals surface area contributed by atoms with Gasteiger partial charge >= 0.3 is 6.18 Å². The van der Waals surface area contributed by atoms with Gasteiger partial charge in [-0.3, -0.25) is 4.79 Å². The summed E-state index contributed by atoms with van der Waals surface area (Å²) in [6.07, 6.45) is -1.58. The molecule has 1 aliphatic rings. The summed E-state index contributed by atoms with van der Waals surface area (Å²) in [5, 5.41) is 0. The maximum atomic E-state index is 12.6. The van der Waals surface area contributed by atoms with Gasteiger partial charge in [-0.1, -0.05) is 6.42 Å². The lowest BCUT2D eigenvalue weighted by atomic mass is 10.2. The van der Waals surface area contributed by atoms with Crippen LogP contribution in [0.5, 0.6) is 0 Å². The molecule has 0 saturated carbocycles. The molecule has 0 radical (unpaired) electrons. The predicted molar refractivity (Wildman–Crippen MR) is 85.7 cm³/mol. The third-order valence-corrected chi connectivity index (χ3v) is 6.09. The van der Waals surface area contributed by atoms with Crippen molar-refractivity contribution in [3.63, 3.8) is 0 Å². The van der Waals surface area contributed by atoms with Gasteiger partial charge in [0.15, 0.2) is 0 Å². The Morgan fingerprint density at radius 2 is 1.84 bits per heavy atom. The zero-order valence-corrected chi connectivity index (χ0v) is 15.0. The summed E-state index contributed by atoms with van der Waals surface area (Å²) in [6.45, 7) is 0.389. The smallest absolute Gasteiger partial charge is 0.345 e. The molecule has 0 aromatic carbocycles. The first kappa shape index (κ1) is 19.8. The van der Waals surface area contributed by atoms with Crippen molar-refractivity contribution < 1.29 is 26.4 Å². The predicted octanol–water partition coefficient (Wildman–Crippen LogP) is 2.22. The van der Waals surface area contributed by atoms with E-state index in [1.165, 1.54) is 35.2 Å². The minimum Gasteiger partial charge on any atom is -0.345 e. The van der Waals surface area contributed by atoms with E-state index in [0.717, 1.165) is 24.2 Å². The molecule has 1 aromatic heterocycles. The highest BCUT2D eigenvalue weighted by Gasteiger charge is 2.31. The van der Waals surface area contributed by atoms with E-state index in [4.69, 9.17) is 0 Å². The van der Waals surface area contributed by atoms with Crippen molar-refractivity contribution in [2.24, 2.45) is 7.05 Å². The molecule has 0 bridgehead atoms. The molecule has 1 fully saturated rings. The molecule has 1 amide bonds. The molecule has 2 rings (SSSR count). The maximum Gasteiger partial charge on any atom is 0.390 e. The van der Waals surface area contributed by atoms with Crippen molar-refractivity contribution in [1.82, 2.24) is 13.8 Å². The molecule has 0 N–H and O–H groups in total. The summed E-state index contributed by atoms with van der Waals surface area (Å²) < 4.78 is 64.9. The average Bonchev–Trinajstić information content (AvgIpc) is 2.94. The van der Waals surface area contributed by atoms with Gasteiger partial charge in [0, 0.05) is 39.9 Å². The summed E-state index contributed by atoms with van der Waals surface area (Å²) in [5.74, 6) is -0.646. The number of rotatable bonds is 5. The van der Waals surface area contributed by atoms with Crippen LogP contribution < -0.4 is 0 Å². The number of piperidine rings is 1. The van der Waals surface area contributed by atoms with Crippen LogP contribution in [0.15, 0.2) is 17.2 Å². The summed E-state index contributed by atoms with van der Waals surface area (Å²) >= 11 is 0. The first-order chi connectivity index (χ1) is 11.5. The fraction of sp³-hybridized carbons (Fsp3) is 0.667. The molecule has 0 spiro atoms. The maximum absolute atomic E-state index is 12.6. The van der Waals surface area contributed by atoms with Crippen LogP contribution in [0.2, 0.25) is 0 Å². The molecule has 0 aliphatic carbocycles. The number of hydrogen-bond donors (Lipinski definition) is 0. The van der Waals surface area contributed by atoms with Gasteiger partial charge in [0.25, 0.3) is 5.91 Å². The summed E-state index contributed by atoms with van der Waals surface area (Å²) in [7, 11) is -0.933. The molecule has 25 heavy (non-hydrogen) atoms. The number of sulfonamides is 1. The third kappa shape index (κ3) is 4.75. The largest absolute Gasteiger partial charge is 0.390 e. The van der Waals surface area contributed by atoms with Crippen molar-refractivity contribution in [2.75, 3.05) is 26.7 Å². The lowest BCUT2D eigenvalue weighted by Gasteiger charge is -2.25. The van der Waals surface area contributed by atoms with Crippen LogP contribution in [0, 0.1) is 0 Å². The monoisotopic (exact) mass is 381 g/mol. The minimum absolute atomic E-state index is 0.00975. The number of carbonyl (C=O) groups excluding carboxylic acids is 1. The second-order valence-corrected chi connectivity index (χ2v) is 8.17. The van der Waals surface area contributed by atoms with Gasteiger partial charge in [-0.15, -0.1) is 0 Å². The van der Waals surface area contributed by atoms with Crippen LogP contribution >= 0.6 is 0 Å². The van der Waals surface area contributed by atoms with Gasteiger partial charge in [0.2, 0.25) is 10.0 Å². The van der Waals surface area contributed by atoms with Crippen molar-refractivity contribution in [2.45, 2.75) is 36.8 Å². The zero-order chi connectivity index (χ0) is 18.8. The summed E-state index contributed by atoms with van der Waals surface area (Å²) in [5.41, 5.74) is 0.0419. The first-order valence-corrected chi connectivity index (χ1v) is 9.45. The fourth-order valence-corrected chi connectivity index (χ4v) is 4.32. The van der Waals surface area contributed by atoms with Crippen molar-refractivity contribution in [3.05, 3.63) is 18.0 Å². The van der Waals surface area contributed by atoms with Crippen LogP contribution in [0.1, 0.15) is 36.2 Å². The van der Waals surface area contributed by atoms with Gasteiger partial charge in [0.1, 0.15) is 10.6 Å². The minimum atomic E-state index is -4.36. The van der Waals surface area contributed by atoms with Crippen molar-refractivity contribution in [3.8, 4) is 0 Å². The highest BCUT2D eigenvalue weighted by atomic mass is 32.2. The van der Waals surface area contributed by atoms with E-state index >= 15 is 0 Å². The Morgan fingerprint density at radius 3 is 2.40 bits per heavy atom. The summed E-state index contributed by atoms with van der Waals surface area (Å²) in [4.78, 5) is 13.3. The van der Waals surface area contributed by atoms with Crippen LogP contribution in [0.4, 0.5) is 13.2 Å². The Labute approximate surface area is 145 Å². The second-order valence-electron chi connectivity index (χ2n) is 6.23. The Balaban J connectivity index is 2.17. The number of carbonyl (C=O) groups is 1. The molecule has 142 valence electrons.